The van der Waals surface area contributed by atoms with Crippen molar-refractivity contribution in [2.75, 3.05) is 29.1 Å². The number of carbonyl (C=O) groups excluding carboxylic acids is 2. The van der Waals surface area contributed by atoms with Gasteiger partial charge in [-0.05, 0) is 18.2 Å². The number of aliphatic hydroxyl groups excluding tert-OH is 1. The van der Waals surface area contributed by atoms with Crippen molar-refractivity contribution in [3.63, 3.8) is 0 Å². The number of thiazole rings is 1. The van der Waals surface area contributed by atoms with Crippen LogP contribution >= 0.6 is 23.1 Å². The minimum atomic E-state index is -2.92. The van der Waals surface area contributed by atoms with Gasteiger partial charge in [0.05, 0.1) is 27.6 Å². The molecule has 2 aromatic rings. The molecule has 2 aliphatic heterocycles. The molecule has 9 nitrogen and oxygen atoms in total. The van der Waals surface area contributed by atoms with Crippen molar-refractivity contribution >= 4 is 60.7 Å². The molecule has 0 aliphatic carbocycles. The van der Waals surface area contributed by atoms with Crippen LogP contribution in [-0.2, 0) is 19.4 Å². The number of hydrogen-bond acceptors (Lipinski definition) is 9. The normalized spacial score (nSPS) is 22.2. The Hall–Kier alpha value is -1.73. The zero-order valence-corrected chi connectivity index (χ0v) is 17.7. The molecule has 0 spiro atoms. The number of anilines is 1. The van der Waals surface area contributed by atoms with Crippen LogP contribution in [-0.4, -0.2) is 66.4 Å². The zero-order valence-electron chi connectivity index (χ0n) is 15.3. The number of thioether (sulfide) groups is 1. The third-order valence-electron chi connectivity index (χ3n) is 4.69. The molecular formula is C17H20N4O5S3. The van der Waals surface area contributed by atoms with E-state index in [1.165, 1.54) is 23.1 Å². The van der Waals surface area contributed by atoms with Crippen molar-refractivity contribution in [2.45, 2.75) is 23.0 Å². The molecule has 2 saturated heterocycles. The quantitative estimate of drug-likeness (QED) is 0.342. The molecule has 0 bridgehead atoms. The Morgan fingerprint density at radius 2 is 2.21 bits per heavy atom. The molecule has 0 saturated carbocycles. The number of nitrogens with zero attached hydrogens (tertiary/aromatic N) is 1. The highest BCUT2D eigenvalue weighted by Crippen LogP contribution is 2.31. The van der Waals surface area contributed by atoms with Crippen LogP contribution in [0, 0.1) is 5.92 Å². The van der Waals surface area contributed by atoms with Crippen LogP contribution in [0.4, 0.5) is 5.69 Å². The molecule has 2 aliphatic rings. The molecule has 2 fully saturated rings. The van der Waals surface area contributed by atoms with Gasteiger partial charge in [-0.1, -0.05) is 11.8 Å². The van der Waals surface area contributed by atoms with Gasteiger partial charge < -0.3 is 15.7 Å². The highest BCUT2D eigenvalue weighted by molar-refractivity contribution is 8.01. The zero-order chi connectivity index (χ0) is 20.6. The maximum Gasteiger partial charge on any atom is 0.229 e. The SMILES string of the molecule is O=C1C[C@H](C(=O)Nc2ccc3nc(SCC(O)NC4CS(=O)(=O)C4)sc3c2)CN1. The van der Waals surface area contributed by atoms with Crippen molar-refractivity contribution in [1.29, 1.82) is 0 Å². The van der Waals surface area contributed by atoms with E-state index in [0.29, 0.717) is 18.0 Å². The van der Waals surface area contributed by atoms with Crippen LogP contribution in [0.25, 0.3) is 10.2 Å². The van der Waals surface area contributed by atoms with Gasteiger partial charge in [-0.3, -0.25) is 14.9 Å². The highest BCUT2D eigenvalue weighted by atomic mass is 32.2. The van der Waals surface area contributed by atoms with E-state index in [9.17, 15) is 23.1 Å². The van der Waals surface area contributed by atoms with Crippen LogP contribution in [0.1, 0.15) is 6.42 Å². The van der Waals surface area contributed by atoms with Gasteiger partial charge in [-0.25, -0.2) is 13.4 Å². The summed E-state index contributed by atoms with van der Waals surface area (Å²) >= 11 is 2.83. The van der Waals surface area contributed by atoms with E-state index >= 15 is 0 Å². The molecule has 1 unspecified atom stereocenters. The number of fused-ring (bicyclic) bond motifs is 1. The second kappa shape index (κ2) is 8.19. The molecule has 3 heterocycles. The molecular weight excluding hydrogens is 436 g/mol. The van der Waals surface area contributed by atoms with Crippen molar-refractivity contribution in [2.24, 2.45) is 5.92 Å². The molecule has 2 amide bonds. The second-order valence-electron chi connectivity index (χ2n) is 7.12. The summed E-state index contributed by atoms with van der Waals surface area (Å²) in [7, 11) is -2.92. The number of aromatic nitrogens is 1. The lowest BCUT2D eigenvalue weighted by atomic mass is 10.1. The largest absolute Gasteiger partial charge is 0.378 e. The highest BCUT2D eigenvalue weighted by Gasteiger charge is 2.34. The van der Waals surface area contributed by atoms with E-state index in [2.05, 4.69) is 20.9 Å². The predicted molar refractivity (Wildman–Crippen MR) is 112 cm³/mol. The summed E-state index contributed by atoms with van der Waals surface area (Å²) in [5.41, 5.74) is 1.44. The fraction of sp³-hybridized carbons (Fsp3) is 0.471. The van der Waals surface area contributed by atoms with E-state index in [-0.39, 0.29) is 41.7 Å². The second-order valence-corrected chi connectivity index (χ2v) is 11.6. The van der Waals surface area contributed by atoms with Gasteiger partial charge in [-0.2, -0.15) is 0 Å². The van der Waals surface area contributed by atoms with Crippen molar-refractivity contribution < 1.29 is 23.1 Å². The summed E-state index contributed by atoms with van der Waals surface area (Å²) in [6.07, 6.45) is -0.608. The van der Waals surface area contributed by atoms with Crippen LogP contribution in [0.2, 0.25) is 0 Å². The maximum atomic E-state index is 12.2. The maximum absolute atomic E-state index is 12.2. The Kier molecular flexibility index (Phi) is 5.80. The van der Waals surface area contributed by atoms with Crippen molar-refractivity contribution in [1.82, 2.24) is 15.6 Å². The van der Waals surface area contributed by atoms with Crippen LogP contribution in [0.3, 0.4) is 0 Å². The van der Waals surface area contributed by atoms with Crippen molar-refractivity contribution in [3.8, 4) is 0 Å². The third-order valence-corrected chi connectivity index (χ3v) is 8.75. The Morgan fingerprint density at radius 1 is 1.41 bits per heavy atom. The van der Waals surface area contributed by atoms with E-state index < -0.39 is 16.1 Å². The molecule has 2 atom stereocenters. The summed E-state index contributed by atoms with van der Waals surface area (Å²) in [6.45, 7) is 0.359. The summed E-state index contributed by atoms with van der Waals surface area (Å²) in [5, 5.41) is 18.4. The number of carbonyl (C=O) groups is 2. The molecule has 1 aromatic heterocycles. The van der Waals surface area contributed by atoms with E-state index in [1.54, 1.807) is 6.07 Å². The summed E-state index contributed by atoms with van der Waals surface area (Å²) < 4.78 is 24.0. The fourth-order valence-corrected chi connectivity index (χ4v) is 6.53. The minimum absolute atomic E-state index is 0.0649. The fourth-order valence-electron chi connectivity index (χ4n) is 3.21. The average molecular weight is 457 g/mol. The lowest BCUT2D eigenvalue weighted by Gasteiger charge is -2.28. The van der Waals surface area contributed by atoms with Gasteiger partial charge in [0, 0.05) is 30.4 Å². The first-order valence-corrected chi connectivity index (χ1v) is 12.7. The molecule has 4 rings (SSSR count). The monoisotopic (exact) mass is 456 g/mol. The Bertz CT molecular complexity index is 1040. The van der Waals surface area contributed by atoms with E-state index in [0.717, 1.165) is 14.6 Å². The number of nitrogens with one attached hydrogen (secondary N) is 3. The van der Waals surface area contributed by atoms with Gasteiger partial charge in [-0.15, -0.1) is 11.3 Å². The first-order valence-electron chi connectivity index (χ1n) is 9.03. The van der Waals surface area contributed by atoms with Crippen LogP contribution in [0.5, 0.6) is 0 Å². The van der Waals surface area contributed by atoms with E-state index in [4.69, 9.17) is 0 Å². The minimum Gasteiger partial charge on any atom is -0.378 e. The van der Waals surface area contributed by atoms with Gasteiger partial charge >= 0.3 is 0 Å². The lowest BCUT2D eigenvalue weighted by Crippen LogP contribution is -2.54. The van der Waals surface area contributed by atoms with Gasteiger partial charge in [0.2, 0.25) is 11.8 Å². The topological polar surface area (TPSA) is 137 Å². The average Bonchev–Trinajstić information content (AvgIpc) is 3.24. The Labute approximate surface area is 175 Å². The van der Waals surface area contributed by atoms with Gasteiger partial charge in [0.1, 0.15) is 6.23 Å². The van der Waals surface area contributed by atoms with Crippen LogP contribution in [0.15, 0.2) is 22.5 Å². The summed E-state index contributed by atoms with van der Waals surface area (Å²) in [5.74, 6) is -0.173. The smallest absolute Gasteiger partial charge is 0.229 e. The molecule has 0 radical (unpaired) electrons. The summed E-state index contributed by atoms with van der Waals surface area (Å²) in [6, 6.07) is 5.24. The first-order chi connectivity index (χ1) is 13.8. The number of rotatable bonds is 7. The lowest BCUT2D eigenvalue weighted by molar-refractivity contribution is -0.123. The summed E-state index contributed by atoms with van der Waals surface area (Å²) in [4.78, 5) is 28.0. The predicted octanol–water partition coefficient (Wildman–Crippen LogP) is 0.168. The molecule has 156 valence electrons. The molecule has 4 N–H and O–H groups in total. The number of hydrogen-bond donors (Lipinski definition) is 4. The molecule has 29 heavy (non-hydrogen) atoms. The number of benzene rings is 1. The number of sulfone groups is 1. The Morgan fingerprint density at radius 3 is 2.90 bits per heavy atom. The van der Waals surface area contributed by atoms with Gasteiger partial charge in [0.15, 0.2) is 14.2 Å². The number of amides is 2. The van der Waals surface area contributed by atoms with Crippen molar-refractivity contribution in [3.05, 3.63) is 18.2 Å². The molecule has 1 aromatic carbocycles. The number of aliphatic hydroxyl groups is 1. The third kappa shape index (κ3) is 5.07. The Balaban J connectivity index is 1.32. The first kappa shape index (κ1) is 20.5. The van der Waals surface area contributed by atoms with Crippen LogP contribution < -0.4 is 16.0 Å². The standard InChI is InChI=1S/C17H20N4O5S3/c22-14-3-9(5-18-14)16(24)20-10-1-2-12-13(4-10)28-17(21-12)27-6-15(23)19-11-7-29(25,26)8-11/h1-2,4,9,11,15,19,23H,3,5-8H2,(H,18,22)(H,20,24)/t9-,15?/m0/s1. The molecule has 12 heteroatoms. The van der Waals surface area contributed by atoms with E-state index in [1.807, 2.05) is 12.1 Å². The van der Waals surface area contributed by atoms with Gasteiger partial charge in [0.25, 0.3) is 0 Å².